The third kappa shape index (κ3) is 2.23. The molecule has 1 atom stereocenters. The molecule has 0 radical (unpaired) electrons. The Kier molecular flexibility index (Phi) is 3.33. The van der Waals surface area contributed by atoms with E-state index in [1.807, 2.05) is 61.5 Å². The summed E-state index contributed by atoms with van der Waals surface area (Å²) in [6, 6.07) is 17.8. The van der Waals surface area contributed by atoms with Crippen LogP contribution in [0.1, 0.15) is 30.5 Å². The van der Waals surface area contributed by atoms with Crippen LogP contribution in [0.4, 0.5) is 5.69 Å². The van der Waals surface area contributed by atoms with Gasteiger partial charge in [-0.25, -0.2) is 4.99 Å². The quantitative estimate of drug-likeness (QED) is 0.887. The summed E-state index contributed by atoms with van der Waals surface area (Å²) in [5, 5.41) is 3.08. The number of nitrogens with zero attached hydrogens (tertiary/aromatic N) is 1. The van der Waals surface area contributed by atoms with Crippen LogP contribution in [0, 0.1) is 0 Å². The van der Waals surface area contributed by atoms with Crippen LogP contribution in [0.25, 0.3) is 0 Å². The smallest absolute Gasteiger partial charge is 0.266 e. The topological polar surface area (TPSA) is 41.5 Å². The number of carbonyl (C=O) groups excluding carboxylic acids is 1. The van der Waals surface area contributed by atoms with Crippen molar-refractivity contribution in [2.45, 2.75) is 19.4 Å². The number of rotatable bonds is 2. The Labute approximate surface area is 118 Å². The van der Waals surface area contributed by atoms with E-state index >= 15 is 0 Å². The molecule has 0 saturated carbocycles. The van der Waals surface area contributed by atoms with Crippen molar-refractivity contribution in [1.82, 2.24) is 5.32 Å². The van der Waals surface area contributed by atoms with Crippen LogP contribution in [-0.4, -0.2) is 11.6 Å². The molecule has 1 amide bonds. The van der Waals surface area contributed by atoms with Crippen molar-refractivity contribution in [3.63, 3.8) is 0 Å². The monoisotopic (exact) mass is 264 g/mol. The maximum atomic E-state index is 12.3. The summed E-state index contributed by atoms with van der Waals surface area (Å²) in [6.45, 7) is 1.95. The molecule has 1 aliphatic heterocycles. The van der Waals surface area contributed by atoms with Crippen molar-refractivity contribution in [2.24, 2.45) is 4.99 Å². The van der Waals surface area contributed by atoms with E-state index in [0.29, 0.717) is 12.1 Å². The number of hydrogen-bond donors (Lipinski definition) is 1. The second-order valence-corrected chi connectivity index (χ2v) is 4.79. The Bertz CT molecular complexity index is 662. The lowest BCUT2D eigenvalue weighted by atomic mass is 9.97. The summed E-state index contributed by atoms with van der Waals surface area (Å²) >= 11 is 0. The highest BCUT2D eigenvalue weighted by Gasteiger charge is 2.24. The third-order valence-corrected chi connectivity index (χ3v) is 3.51. The first-order valence-electron chi connectivity index (χ1n) is 6.82. The van der Waals surface area contributed by atoms with Crippen LogP contribution in [-0.2, 0) is 4.79 Å². The normalized spacial score (nSPS) is 17.8. The molecule has 0 aromatic heterocycles. The molecule has 20 heavy (non-hydrogen) atoms. The fourth-order valence-corrected chi connectivity index (χ4v) is 2.47. The number of aliphatic imine (C=N–C) groups is 1. The third-order valence-electron chi connectivity index (χ3n) is 3.51. The maximum absolute atomic E-state index is 12.3. The van der Waals surface area contributed by atoms with Crippen LogP contribution >= 0.6 is 0 Å². The minimum atomic E-state index is -0.146. The fraction of sp³-hybridized carbons (Fsp3) is 0.176. The zero-order valence-corrected chi connectivity index (χ0v) is 11.3. The van der Waals surface area contributed by atoms with Gasteiger partial charge in [0.15, 0.2) is 0 Å². The van der Waals surface area contributed by atoms with E-state index < -0.39 is 0 Å². The lowest BCUT2D eigenvalue weighted by Crippen LogP contribution is -2.33. The van der Waals surface area contributed by atoms with Gasteiger partial charge in [0.1, 0.15) is 5.71 Å². The Morgan fingerprint density at radius 1 is 1.05 bits per heavy atom. The van der Waals surface area contributed by atoms with Crippen molar-refractivity contribution in [3.05, 3.63) is 65.7 Å². The van der Waals surface area contributed by atoms with Crippen molar-refractivity contribution in [3.8, 4) is 0 Å². The zero-order chi connectivity index (χ0) is 13.9. The summed E-state index contributed by atoms with van der Waals surface area (Å²) in [5.41, 5.74) is 3.56. The number of fused-ring (bicyclic) bond motifs is 1. The number of nitrogens with one attached hydrogen (secondary N) is 1. The highest BCUT2D eigenvalue weighted by molar-refractivity contribution is 6.39. The average Bonchev–Trinajstić information content (AvgIpc) is 2.65. The molecular weight excluding hydrogens is 248 g/mol. The molecule has 2 aromatic rings. The number of carbonyl (C=O) groups is 1. The standard InChI is InChI=1S/C17H16N2O/c1-2-14-17(20)19-16(12-8-4-3-5-9-12)13-10-6-7-11-15(13)18-14/h3-11,16H,2H2,1H3,(H,19,20)/t16-/m0/s1. The first-order chi connectivity index (χ1) is 9.79. The lowest BCUT2D eigenvalue weighted by Gasteiger charge is -2.18. The highest BCUT2D eigenvalue weighted by atomic mass is 16.2. The SMILES string of the molecule is CCC1=Nc2ccccc2[C@H](c2ccccc2)NC1=O. The van der Waals surface area contributed by atoms with Crippen LogP contribution in [0.3, 0.4) is 0 Å². The first-order valence-corrected chi connectivity index (χ1v) is 6.82. The maximum Gasteiger partial charge on any atom is 0.266 e. The van der Waals surface area contributed by atoms with Crippen molar-refractivity contribution in [1.29, 1.82) is 0 Å². The van der Waals surface area contributed by atoms with Crippen molar-refractivity contribution >= 4 is 17.3 Å². The molecule has 1 aliphatic rings. The summed E-state index contributed by atoms with van der Waals surface area (Å²) in [6.07, 6.45) is 0.627. The highest BCUT2D eigenvalue weighted by Crippen LogP contribution is 2.32. The van der Waals surface area contributed by atoms with Gasteiger partial charge < -0.3 is 5.32 Å². The van der Waals surface area contributed by atoms with E-state index in [1.54, 1.807) is 0 Å². The van der Waals surface area contributed by atoms with Crippen LogP contribution in [0.2, 0.25) is 0 Å². The van der Waals surface area contributed by atoms with Gasteiger partial charge in [0, 0.05) is 5.56 Å². The van der Waals surface area contributed by atoms with E-state index in [0.717, 1.165) is 16.8 Å². The van der Waals surface area contributed by atoms with Gasteiger partial charge in [-0.15, -0.1) is 0 Å². The van der Waals surface area contributed by atoms with Gasteiger partial charge in [0.05, 0.1) is 11.7 Å². The Balaban J connectivity index is 2.13. The van der Waals surface area contributed by atoms with E-state index in [-0.39, 0.29) is 11.9 Å². The average molecular weight is 264 g/mol. The molecule has 0 fully saturated rings. The van der Waals surface area contributed by atoms with Gasteiger partial charge in [-0.05, 0) is 18.1 Å². The Morgan fingerprint density at radius 2 is 1.75 bits per heavy atom. The largest absolute Gasteiger partial charge is 0.340 e. The van der Waals surface area contributed by atoms with Gasteiger partial charge >= 0.3 is 0 Å². The van der Waals surface area contributed by atoms with E-state index in [4.69, 9.17) is 0 Å². The summed E-state index contributed by atoms with van der Waals surface area (Å²) in [4.78, 5) is 16.8. The molecule has 0 aliphatic carbocycles. The molecular formula is C17H16N2O. The van der Waals surface area contributed by atoms with Gasteiger partial charge in [-0.1, -0.05) is 55.5 Å². The summed E-state index contributed by atoms with van der Waals surface area (Å²) in [5.74, 6) is -0.0856. The predicted molar refractivity (Wildman–Crippen MR) is 80.3 cm³/mol. The van der Waals surface area contributed by atoms with E-state index in [9.17, 15) is 4.79 Å². The summed E-state index contributed by atoms with van der Waals surface area (Å²) < 4.78 is 0. The van der Waals surface area contributed by atoms with Gasteiger partial charge in [-0.2, -0.15) is 0 Å². The predicted octanol–water partition coefficient (Wildman–Crippen LogP) is 3.39. The number of benzene rings is 2. The molecule has 0 bridgehead atoms. The second-order valence-electron chi connectivity index (χ2n) is 4.79. The van der Waals surface area contributed by atoms with Gasteiger partial charge in [-0.3, -0.25) is 4.79 Å². The molecule has 0 spiro atoms. The summed E-state index contributed by atoms with van der Waals surface area (Å²) in [7, 11) is 0. The molecule has 0 saturated heterocycles. The van der Waals surface area contributed by atoms with Crippen LogP contribution in [0.15, 0.2) is 59.6 Å². The molecule has 0 unspecified atom stereocenters. The minimum Gasteiger partial charge on any atom is -0.340 e. The molecule has 3 heteroatoms. The fourth-order valence-electron chi connectivity index (χ4n) is 2.47. The molecule has 3 rings (SSSR count). The lowest BCUT2D eigenvalue weighted by molar-refractivity contribution is -0.115. The van der Waals surface area contributed by atoms with Crippen LogP contribution in [0.5, 0.6) is 0 Å². The second kappa shape index (κ2) is 5.29. The Hall–Kier alpha value is -2.42. The van der Waals surface area contributed by atoms with Gasteiger partial charge in [0.2, 0.25) is 0 Å². The first kappa shape index (κ1) is 12.6. The van der Waals surface area contributed by atoms with Crippen molar-refractivity contribution < 1.29 is 4.79 Å². The molecule has 100 valence electrons. The minimum absolute atomic E-state index is 0.0856. The molecule has 2 aromatic carbocycles. The van der Waals surface area contributed by atoms with E-state index in [2.05, 4.69) is 10.3 Å². The Morgan fingerprint density at radius 3 is 2.50 bits per heavy atom. The van der Waals surface area contributed by atoms with Gasteiger partial charge in [0.25, 0.3) is 5.91 Å². The number of para-hydroxylation sites is 1. The molecule has 1 heterocycles. The van der Waals surface area contributed by atoms with Crippen LogP contribution < -0.4 is 5.32 Å². The molecule has 1 N–H and O–H groups in total. The van der Waals surface area contributed by atoms with Crippen molar-refractivity contribution in [2.75, 3.05) is 0 Å². The zero-order valence-electron chi connectivity index (χ0n) is 11.3. The van der Waals surface area contributed by atoms with E-state index in [1.165, 1.54) is 0 Å². The molecule has 3 nitrogen and oxygen atoms in total. The number of hydrogen-bond acceptors (Lipinski definition) is 2. The number of amides is 1.